The molecule has 0 aromatic heterocycles. The molecule has 272 valence electrons. The first-order valence-corrected chi connectivity index (χ1v) is 20.2. The first-order valence-electron chi connectivity index (χ1n) is 20.2. The van der Waals surface area contributed by atoms with Gasteiger partial charge >= 0.3 is 0 Å². The number of aryl methyl sites for hydroxylation is 3. The normalized spacial score (nSPS) is 13.2. The lowest BCUT2D eigenvalue weighted by atomic mass is 9.88. The van der Waals surface area contributed by atoms with E-state index in [1.807, 2.05) is 0 Å². The standard InChI is InChI=1S/C54H46N2/c1-36-15-23-41(24-16-36)55(42-25-17-37(2)18-26-42)51-33-31-47-46-12-8-14-50-52(34-32-48(54(46)50)45-11-7-13-49(51)53(45)47)56(43-27-19-38(3)20-28-43)44-29-21-40(22-30-44)35-39-9-5-4-6-10-39/h7-8,11-35H,4-6,9-10H2,1-3H3. The summed E-state index contributed by atoms with van der Waals surface area (Å²) in [6, 6.07) is 59.1. The number of hydrogen-bond acceptors (Lipinski definition) is 2. The van der Waals surface area contributed by atoms with Crippen LogP contribution >= 0.6 is 0 Å². The fourth-order valence-corrected chi connectivity index (χ4v) is 9.11. The van der Waals surface area contributed by atoms with Crippen molar-refractivity contribution in [2.45, 2.75) is 52.9 Å². The van der Waals surface area contributed by atoms with E-state index in [2.05, 4.69) is 194 Å². The van der Waals surface area contributed by atoms with Gasteiger partial charge in [-0.05, 0) is 145 Å². The quantitative estimate of drug-likeness (QED) is 0.119. The van der Waals surface area contributed by atoms with Crippen molar-refractivity contribution in [1.82, 2.24) is 0 Å². The third kappa shape index (κ3) is 5.97. The van der Waals surface area contributed by atoms with Crippen molar-refractivity contribution in [2.24, 2.45) is 0 Å². The van der Waals surface area contributed by atoms with Gasteiger partial charge in [-0.15, -0.1) is 0 Å². The van der Waals surface area contributed by atoms with Crippen LogP contribution in [-0.4, -0.2) is 0 Å². The monoisotopic (exact) mass is 722 g/mol. The number of fused-ring (bicyclic) bond motifs is 2. The van der Waals surface area contributed by atoms with E-state index < -0.39 is 0 Å². The maximum absolute atomic E-state index is 2.44. The molecule has 9 aromatic rings. The summed E-state index contributed by atoms with van der Waals surface area (Å²) in [7, 11) is 0. The number of anilines is 6. The SMILES string of the molecule is Cc1ccc(N(c2ccc(C)cc2)c2ccc3c4cccc5c(N(c6ccc(C)cc6)c6ccc(C=C7CCCCC7)cc6)ccc(c6cccc2c63)c54)cc1. The second-order valence-electron chi connectivity index (χ2n) is 15.9. The number of hydrogen-bond donors (Lipinski definition) is 0. The largest absolute Gasteiger partial charge is 0.310 e. The van der Waals surface area contributed by atoms with Crippen molar-refractivity contribution in [3.63, 3.8) is 0 Å². The lowest BCUT2D eigenvalue weighted by Crippen LogP contribution is -2.11. The molecule has 0 spiro atoms. The molecule has 56 heavy (non-hydrogen) atoms. The van der Waals surface area contributed by atoms with Crippen molar-refractivity contribution in [3.05, 3.63) is 186 Å². The maximum Gasteiger partial charge on any atom is 0.0540 e. The minimum atomic E-state index is 1.15. The van der Waals surface area contributed by atoms with E-state index in [0.717, 1.165) is 22.7 Å². The van der Waals surface area contributed by atoms with E-state index in [0.29, 0.717) is 0 Å². The minimum absolute atomic E-state index is 1.15. The van der Waals surface area contributed by atoms with Gasteiger partial charge in [0.1, 0.15) is 0 Å². The molecule has 0 saturated heterocycles. The molecule has 9 aromatic carbocycles. The summed E-state index contributed by atoms with van der Waals surface area (Å²) in [5.41, 5.74) is 13.6. The van der Waals surface area contributed by atoms with Crippen LogP contribution in [-0.2, 0) is 0 Å². The Morgan fingerprint density at radius 2 is 0.714 bits per heavy atom. The van der Waals surface area contributed by atoms with Crippen LogP contribution in [0, 0.1) is 20.8 Å². The molecule has 0 unspecified atom stereocenters. The molecule has 1 aliphatic rings. The van der Waals surface area contributed by atoms with Crippen LogP contribution in [0.4, 0.5) is 34.1 Å². The summed E-state index contributed by atoms with van der Waals surface area (Å²) >= 11 is 0. The molecule has 0 atom stereocenters. The summed E-state index contributed by atoms with van der Waals surface area (Å²) in [4.78, 5) is 4.86. The highest BCUT2D eigenvalue weighted by atomic mass is 15.1. The van der Waals surface area contributed by atoms with Gasteiger partial charge in [-0.3, -0.25) is 0 Å². The van der Waals surface area contributed by atoms with Gasteiger partial charge in [0.2, 0.25) is 0 Å². The van der Waals surface area contributed by atoms with Gasteiger partial charge in [0.25, 0.3) is 0 Å². The minimum Gasteiger partial charge on any atom is -0.310 e. The second kappa shape index (κ2) is 14.0. The first-order chi connectivity index (χ1) is 27.5. The van der Waals surface area contributed by atoms with Gasteiger partial charge in [0.05, 0.1) is 11.4 Å². The van der Waals surface area contributed by atoms with Gasteiger partial charge in [0, 0.05) is 33.5 Å². The Kier molecular flexibility index (Phi) is 8.56. The topological polar surface area (TPSA) is 6.48 Å². The average molecular weight is 723 g/mol. The van der Waals surface area contributed by atoms with Gasteiger partial charge in [-0.2, -0.15) is 0 Å². The molecule has 0 N–H and O–H groups in total. The van der Waals surface area contributed by atoms with Gasteiger partial charge in [0.15, 0.2) is 0 Å². The number of benzene rings is 9. The number of nitrogens with zero attached hydrogens (tertiary/aromatic N) is 2. The molecular weight excluding hydrogens is 677 g/mol. The Labute approximate surface area is 330 Å². The van der Waals surface area contributed by atoms with Gasteiger partial charge in [-0.1, -0.05) is 132 Å². The zero-order chi connectivity index (χ0) is 37.8. The fraction of sp³-hybridized carbons (Fsp3) is 0.148. The summed E-state index contributed by atoms with van der Waals surface area (Å²) in [5.74, 6) is 0. The molecule has 2 heteroatoms. The third-order valence-electron chi connectivity index (χ3n) is 12.0. The molecule has 0 aliphatic heterocycles. The molecular formula is C54H46N2. The lowest BCUT2D eigenvalue weighted by Gasteiger charge is -2.29. The number of rotatable bonds is 7. The Morgan fingerprint density at radius 1 is 0.357 bits per heavy atom. The van der Waals surface area contributed by atoms with Crippen LogP contribution < -0.4 is 9.80 Å². The van der Waals surface area contributed by atoms with Crippen molar-refractivity contribution >= 4 is 83.3 Å². The van der Waals surface area contributed by atoms with E-state index in [4.69, 9.17) is 0 Å². The van der Waals surface area contributed by atoms with E-state index >= 15 is 0 Å². The third-order valence-corrected chi connectivity index (χ3v) is 12.0. The van der Waals surface area contributed by atoms with Crippen molar-refractivity contribution in [1.29, 1.82) is 0 Å². The summed E-state index contributed by atoms with van der Waals surface area (Å²) in [5, 5.41) is 10.2. The summed E-state index contributed by atoms with van der Waals surface area (Å²) in [6.07, 6.45) is 8.87. The molecule has 1 aliphatic carbocycles. The molecule has 1 saturated carbocycles. The first kappa shape index (κ1) is 34.1. The Balaban J connectivity index is 1.17. The van der Waals surface area contributed by atoms with Crippen molar-refractivity contribution < 1.29 is 0 Å². The van der Waals surface area contributed by atoms with Crippen LogP contribution in [0.15, 0.2) is 163 Å². The van der Waals surface area contributed by atoms with Gasteiger partial charge < -0.3 is 9.80 Å². The van der Waals surface area contributed by atoms with E-state index in [1.54, 1.807) is 5.57 Å². The predicted octanol–water partition coefficient (Wildman–Crippen LogP) is 15.9. The van der Waals surface area contributed by atoms with Crippen LogP contribution in [0.1, 0.15) is 54.4 Å². The summed E-state index contributed by atoms with van der Waals surface area (Å²) in [6.45, 7) is 6.46. The summed E-state index contributed by atoms with van der Waals surface area (Å²) < 4.78 is 0. The smallest absolute Gasteiger partial charge is 0.0540 e. The van der Waals surface area contributed by atoms with Gasteiger partial charge in [-0.25, -0.2) is 0 Å². The number of allylic oxidation sites excluding steroid dienone is 1. The van der Waals surface area contributed by atoms with Crippen molar-refractivity contribution in [3.8, 4) is 0 Å². The molecule has 0 amide bonds. The highest BCUT2D eigenvalue weighted by Gasteiger charge is 2.22. The maximum atomic E-state index is 2.44. The van der Waals surface area contributed by atoms with E-state index in [1.165, 1.54) is 109 Å². The highest BCUT2D eigenvalue weighted by molar-refractivity contribution is 6.35. The van der Waals surface area contributed by atoms with Crippen molar-refractivity contribution in [2.75, 3.05) is 9.80 Å². The average Bonchev–Trinajstić information content (AvgIpc) is 3.23. The Hall–Kier alpha value is -6.38. The molecule has 0 heterocycles. The Bertz CT molecular complexity index is 2810. The molecule has 2 nitrogen and oxygen atoms in total. The zero-order valence-corrected chi connectivity index (χ0v) is 32.5. The zero-order valence-electron chi connectivity index (χ0n) is 32.5. The van der Waals surface area contributed by atoms with Crippen LogP contribution in [0.5, 0.6) is 0 Å². The second-order valence-corrected chi connectivity index (χ2v) is 15.9. The molecule has 1 fully saturated rings. The van der Waals surface area contributed by atoms with E-state index in [-0.39, 0.29) is 0 Å². The molecule has 10 rings (SSSR count). The van der Waals surface area contributed by atoms with E-state index in [9.17, 15) is 0 Å². The van der Waals surface area contributed by atoms with Crippen LogP contribution in [0.25, 0.3) is 49.2 Å². The highest BCUT2D eigenvalue weighted by Crippen LogP contribution is 2.49. The fourth-order valence-electron chi connectivity index (χ4n) is 9.11. The predicted molar refractivity (Wildman–Crippen MR) is 242 cm³/mol. The van der Waals surface area contributed by atoms with Crippen LogP contribution in [0.2, 0.25) is 0 Å². The molecule has 0 radical (unpaired) electrons. The van der Waals surface area contributed by atoms with Crippen LogP contribution in [0.3, 0.4) is 0 Å². The lowest BCUT2D eigenvalue weighted by molar-refractivity contribution is 0.602. The molecule has 0 bridgehead atoms. The Morgan fingerprint density at radius 3 is 1.12 bits per heavy atom.